The number of rotatable bonds is 4. The number of aromatic nitrogens is 1. The van der Waals surface area contributed by atoms with E-state index in [1.165, 1.54) is 39.2 Å². The average Bonchev–Trinajstić information content (AvgIpc) is 2.88. The van der Waals surface area contributed by atoms with E-state index in [1.807, 2.05) is 0 Å². The van der Waals surface area contributed by atoms with E-state index in [-0.39, 0.29) is 5.97 Å². The molecule has 0 amide bonds. The van der Waals surface area contributed by atoms with Gasteiger partial charge in [0, 0.05) is 18.0 Å². The Labute approximate surface area is 112 Å². The molecule has 0 aliphatic carbocycles. The third-order valence-electron chi connectivity index (χ3n) is 3.38. The van der Waals surface area contributed by atoms with Gasteiger partial charge in [-0.1, -0.05) is 13.3 Å². The zero-order valence-electron chi connectivity index (χ0n) is 11.0. The van der Waals surface area contributed by atoms with Crippen molar-refractivity contribution in [2.75, 3.05) is 18.6 Å². The van der Waals surface area contributed by atoms with Crippen molar-refractivity contribution < 1.29 is 9.53 Å². The van der Waals surface area contributed by atoms with Gasteiger partial charge in [0.1, 0.15) is 0 Å². The highest BCUT2D eigenvalue weighted by molar-refractivity contribution is 7.13. The minimum atomic E-state index is -0.346. The molecule has 5 heteroatoms. The van der Waals surface area contributed by atoms with E-state index in [4.69, 9.17) is 4.74 Å². The van der Waals surface area contributed by atoms with Crippen molar-refractivity contribution in [3.05, 3.63) is 11.1 Å². The lowest BCUT2D eigenvalue weighted by Gasteiger charge is -2.35. The second-order valence-corrected chi connectivity index (χ2v) is 5.48. The molecule has 0 aromatic carbocycles. The van der Waals surface area contributed by atoms with Gasteiger partial charge in [-0.3, -0.25) is 0 Å². The normalized spacial score (nSPS) is 19.9. The van der Waals surface area contributed by atoms with E-state index >= 15 is 0 Å². The SMILES string of the molecule is CCCC1CCCCN1c1nc(C(=O)OC)cs1. The average molecular weight is 268 g/mol. The van der Waals surface area contributed by atoms with Gasteiger partial charge < -0.3 is 9.64 Å². The van der Waals surface area contributed by atoms with Crippen LogP contribution in [0.5, 0.6) is 0 Å². The van der Waals surface area contributed by atoms with E-state index in [1.54, 1.807) is 16.7 Å². The summed E-state index contributed by atoms with van der Waals surface area (Å²) in [4.78, 5) is 18.2. The number of nitrogens with zero attached hydrogens (tertiary/aromatic N) is 2. The number of anilines is 1. The summed E-state index contributed by atoms with van der Waals surface area (Å²) < 4.78 is 4.70. The van der Waals surface area contributed by atoms with Gasteiger partial charge in [-0.2, -0.15) is 0 Å². The fraction of sp³-hybridized carbons (Fsp3) is 0.692. The largest absolute Gasteiger partial charge is 0.464 e. The van der Waals surface area contributed by atoms with Crippen LogP contribution in [0.4, 0.5) is 5.13 Å². The summed E-state index contributed by atoms with van der Waals surface area (Å²) in [5.41, 5.74) is 0.429. The highest BCUT2D eigenvalue weighted by atomic mass is 32.1. The molecule has 0 saturated carbocycles. The first-order valence-corrected chi connectivity index (χ1v) is 7.44. The van der Waals surface area contributed by atoms with Gasteiger partial charge in [-0.05, 0) is 25.7 Å². The van der Waals surface area contributed by atoms with Crippen LogP contribution in [0.25, 0.3) is 0 Å². The van der Waals surface area contributed by atoms with E-state index in [0.29, 0.717) is 11.7 Å². The maximum absolute atomic E-state index is 11.4. The molecule has 0 bridgehead atoms. The summed E-state index contributed by atoms with van der Waals surface area (Å²) in [5, 5.41) is 2.76. The fourth-order valence-corrected chi connectivity index (χ4v) is 3.37. The van der Waals surface area contributed by atoms with Crippen molar-refractivity contribution in [3.8, 4) is 0 Å². The lowest BCUT2D eigenvalue weighted by atomic mass is 9.99. The molecule has 1 aromatic rings. The Kier molecular flexibility index (Phi) is 4.58. The first kappa shape index (κ1) is 13.3. The molecule has 1 unspecified atom stereocenters. The summed E-state index contributed by atoms with van der Waals surface area (Å²) in [6, 6.07) is 0.584. The summed E-state index contributed by atoms with van der Waals surface area (Å²) in [5.74, 6) is -0.346. The first-order chi connectivity index (χ1) is 8.76. The fourth-order valence-electron chi connectivity index (χ4n) is 2.48. The third kappa shape index (κ3) is 2.83. The van der Waals surface area contributed by atoms with E-state index < -0.39 is 0 Å². The van der Waals surface area contributed by atoms with Crippen LogP contribution in [0.1, 0.15) is 49.5 Å². The maximum atomic E-state index is 11.4. The number of carbonyl (C=O) groups is 1. The molecular weight excluding hydrogens is 248 g/mol. The second kappa shape index (κ2) is 6.18. The van der Waals surface area contributed by atoms with Crippen LogP contribution in [0, 0.1) is 0 Å². The number of hydrogen-bond donors (Lipinski definition) is 0. The lowest BCUT2D eigenvalue weighted by Crippen LogP contribution is -2.39. The molecule has 1 saturated heterocycles. The predicted octanol–water partition coefficient (Wildman–Crippen LogP) is 3.09. The number of ether oxygens (including phenoxy) is 1. The zero-order valence-corrected chi connectivity index (χ0v) is 11.8. The predicted molar refractivity (Wildman–Crippen MR) is 73.3 cm³/mol. The number of methoxy groups -OCH3 is 1. The van der Waals surface area contributed by atoms with Gasteiger partial charge in [0.05, 0.1) is 7.11 Å². The number of carbonyl (C=O) groups excluding carboxylic acids is 1. The van der Waals surface area contributed by atoms with Crippen LogP contribution in [0.2, 0.25) is 0 Å². The van der Waals surface area contributed by atoms with Crippen LogP contribution in [0.3, 0.4) is 0 Å². The molecular formula is C13H20N2O2S. The van der Waals surface area contributed by atoms with Gasteiger partial charge in [0.25, 0.3) is 0 Å². The third-order valence-corrected chi connectivity index (χ3v) is 4.26. The standard InChI is InChI=1S/C13H20N2O2S/c1-3-6-10-7-4-5-8-15(10)13-14-11(9-18-13)12(16)17-2/h9-10H,3-8H2,1-2H3. The monoisotopic (exact) mass is 268 g/mol. The van der Waals surface area contributed by atoms with Gasteiger partial charge in [-0.25, -0.2) is 9.78 Å². The Morgan fingerprint density at radius 2 is 2.44 bits per heavy atom. The van der Waals surface area contributed by atoms with Gasteiger partial charge in [-0.15, -0.1) is 11.3 Å². The molecule has 18 heavy (non-hydrogen) atoms. The molecule has 1 aliphatic heterocycles. The van der Waals surface area contributed by atoms with Crippen molar-refractivity contribution in [3.63, 3.8) is 0 Å². The Bertz CT molecular complexity index is 403. The van der Waals surface area contributed by atoms with Crippen molar-refractivity contribution >= 4 is 22.4 Å². The molecule has 1 aromatic heterocycles. The number of thiazole rings is 1. The lowest BCUT2D eigenvalue weighted by molar-refractivity contribution is 0.0595. The molecule has 4 nitrogen and oxygen atoms in total. The smallest absolute Gasteiger partial charge is 0.357 e. The molecule has 1 aliphatic rings. The Morgan fingerprint density at radius 1 is 1.61 bits per heavy atom. The maximum Gasteiger partial charge on any atom is 0.357 e. The van der Waals surface area contributed by atoms with Crippen LogP contribution in [-0.2, 0) is 4.74 Å². The van der Waals surface area contributed by atoms with Crippen molar-refractivity contribution in [1.82, 2.24) is 4.98 Å². The van der Waals surface area contributed by atoms with Crippen LogP contribution in [0.15, 0.2) is 5.38 Å². The van der Waals surface area contributed by atoms with E-state index in [0.717, 1.165) is 11.7 Å². The van der Waals surface area contributed by atoms with Crippen molar-refractivity contribution in [1.29, 1.82) is 0 Å². The molecule has 0 spiro atoms. The summed E-state index contributed by atoms with van der Waals surface area (Å²) in [6.07, 6.45) is 6.15. The minimum Gasteiger partial charge on any atom is -0.464 e. The van der Waals surface area contributed by atoms with Crippen LogP contribution < -0.4 is 4.90 Å². The quantitative estimate of drug-likeness (QED) is 0.787. The molecule has 0 N–H and O–H groups in total. The highest BCUT2D eigenvalue weighted by Gasteiger charge is 2.24. The zero-order chi connectivity index (χ0) is 13.0. The summed E-state index contributed by atoms with van der Waals surface area (Å²) in [6.45, 7) is 3.27. The van der Waals surface area contributed by atoms with Crippen LogP contribution >= 0.6 is 11.3 Å². The van der Waals surface area contributed by atoms with Gasteiger partial charge in [0.2, 0.25) is 0 Å². The number of piperidine rings is 1. The van der Waals surface area contributed by atoms with Crippen molar-refractivity contribution in [2.24, 2.45) is 0 Å². The Morgan fingerprint density at radius 3 is 3.17 bits per heavy atom. The second-order valence-electron chi connectivity index (χ2n) is 4.64. The van der Waals surface area contributed by atoms with Crippen LogP contribution in [-0.4, -0.2) is 30.6 Å². The molecule has 0 radical (unpaired) electrons. The summed E-state index contributed by atoms with van der Waals surface area (Å²) >= 11 is 1.54. The minimum absolute atomic E-state index is 0.346. The topological polar surface area (TPSA) is 42.4 Å². The Balaban J connectivity index is 2.12. The highest BCUT2D eigenvalue weighted by Crippen LogP contribution is 2.29. The molecule has 1 fully saturated rings. The first-order valence-electron chi connectivity index (χ1n) is 6.56. The van der Waals surface area contributed by atoms with Gasteiger partial charge >= 0.3 is 5.97 Å². The van der Waals surface area contributed by atoms with Crippen molar-refractivity contribution in [2.45, 2.75) is 45.1 Å². The number of hydrogen-bond acceptors (Lipinski definition) is 5. The van der Waals surface area contributed by atoms with E-state index in [2.05, 4.69) is 16.8 Å². The molecule has 100 valence electrons. The molecule has 2 heterocycles. The Hall–Kier alpha value is -1.10. The molecule has 2 rings (SSSR count). The number of esters is 1. The molecule has 1 atom stereocenters. The van der Waals surface area contributed by atoms with Gasteiger partial charge in [0.15, 0.2) is 10.8 Å². The summed E-state index contributed by atoms with van der Waals surface area (Å²) in [7, 11) is 1.39. The van der Waals surface area contributed by atoms with E-state index in [9.17, 15) is 4.79 Å².